The van der Waals surface area contributed by atoms with Gasteiger partial charge >= 0.3 is 12.0 Å². The highest BCUT2D eigenvalue weighted by Gasteiger charge is 2.49. The van der Waals surface area contributed by atoms with Gasteiger partial charge < -0.3 is 45.1 Å². The molecule has 4 aliphatic rings. The maximum absolute atomic E-state index is 12.2. The average Bonchev–Trinajstić information content (AvgIpc) is 3.52. The fourth-order valence-corrected chi connectivity index (χ4v) is 7.07. The zero-order valence-corrected chi connectivity index (χ0v) is 24.1. The molecule has 220 valence electrons. The third kappa shape index (κ3) is 6.92. The van der Waals surface area contributed by atoms with Crippen molar-refractivity contribution in [2.45, 2.75) is 86.6 Å². The lowest BCUT2D eigenvalue weighted by atomic mass is 9.97. The molecule has 4 aliphatic heterocycles. The Labute approximate surface area is 244 Å². The molecule has 4 saturated heterocycles. The highest BCUT2D eigenvalue weighted by Crippen LogP contribution is 2.34. The number of carbonyl (C=O) groups excluding carboxylic acids is 3. The molecule has 0 aliphatic carbocycles. The van der Waals surface area contributed by atoms with Crippen LogP contribution in [-0.4, -0.2) is 93.8 Å². The summed E-state index contributed by atoms with van der Waals surface area (Å²) >= 11 is 4.90. The zero-order valence-electron chi connectivity index (χ0n) is 21.7. The summed E-state index contributed by atoms with van der Waals surface area (Å²) in [6.45, 7) is 0.252. The third-order valence-electron chi connectivity index (χ3n) is 7.51. The van der Waals surface area contributed by atoms with Crippen molar-refractivity contribution in [3.63, 3.8) is 0 Å². The summed E-state index contributed by atoms with van der Waals surface area (Å²) in [6, 6.07) is 7.51. The second-order valence-electron chi connectivity index (χ2n) is 10.3. The summed E-state index contributed by atoms with van der Waals surface area (Å²) in [5, 5.41) is 29.8. The number of fused-ring (bicyclic) bond motifs is 2. The Balaban J connectivity index is 1.02. The van der Waals surface area contributed by atoms with Crippen LogP contribution in [-0.2, 0) is 35.1 Å². The Morgan fingerprint density at radius 1 is 1.12 bits per heavy atom. The first-order valence-electron chi connectivity index (χ1n) is 13.4. The molecule has 0 spiro atoms. The van der Waals surface area contributed by atoms with Gasteiger partial charge in [-0.25, -0.2) is 4.79 Å². The number of hydrogen-bond donors (Lipinski definition) is 5. The molecule has 1 aromatic rings. The number of esters is 1. The van der Waals surface area contributed by atoms with Crippen LogP contribution >= 0.6 is 27.7 Å². The Morgan fingerprint density at radius 2 is 1.93 bits per heavy atom. The number of hydrogen-bond acceptors (Lipinski definition) is 10. The van der Waals surface area contributed by atoms with Crippen LogP contribution < -0.4 is 16.0 Å². The van der Waals surface area contributed by atoms with E-state index in [0.29, 0.717) is 17.2 Å². The number of carbonyl (C=O) groups is 3. The fourth-order valence-electron chi connectivity index (χ4n) is 5.36. The Bertz CT molecular complexity index is 1060. The molecular weight excluding hydrogens is 610 g/mol. The third-order valence-corrected chi connectivity index (χ3v) is 9.53. The smallest absolute Gasteiger partial charge is 0.315 e. The van der Waals surface area contributed by atoms with Crippen LogP contribution in [0, 0.1) is 0 Å². The molecule has 0 saturated carbocycles. The summed E-state index contributed by atoms with van der Waals surface area (Å²) in [7, 11) is 0. The van der Waals surface area contributed by atoms with Crippen LogP contribution in [0.5, 0.6) is 0 Å². The highest BCUT2D eigenvalue weighted by molar-refractivity contribution is 9.09. The predicted octanol–water partition coefficient (Wildman–Crippen LogP) is 0.827. The van der Waals surface area contributed by atoms with Gasteiger partial charge in [0.2, 0.25) is 5.91 Å². The second-order valence-corrected chi connectivity index (χ2v) is 12.1. The number of halogens is 1. The molecule has 0 radical (unpaired) electrons. The van der Waals surface area contributed by atoms with Gasteiger partial charge in [0.05, 0.1) is 24.0 Å². The zero-order chi connectivity index (χ0) is 28.2. The maximum Gasteiger partial charge on any atom is 0.315 e. The van der Waals surface area contributed by atoms with E-state index in [0.717, 1.165) is 30.6 Å². The van der Waals surface area contributed by atoms with Crippen molar-refractivity contribution in [1.82, 2.24) is 16.0 Å². The van der Waals surface area contributed by atoms with Crippen LogP contribution in [0.2, 0.25) is 0 Å². The van der Waals surface area contributed by atoms with Crippen LogP contribution in [0.15, 0.2) is 24.3 Å². The van der Waals surface area contributed by atoms with Gasteiger partial charge in [-0.15, -0.1) is 0 Å². The molecule has 3 amide bonds. The van der Waals surface area contributed by atoms with Gasteiger partial charge in [0.1, 0.15) is 31.0 Å². The number of aliphatic hydroxyl groups is 2. The largest absolute Gasteiger partial charge is 0.461 e. The van der Waals surface area contributed by atoms with Gasteiger partial charge in [0.25, 0.3) is 0 Å². The number of urea groups is 1. The van der Waals surface area contributed by atoms with Crippen molar-refractivity contribution in [3.05, 3.63) is 35.4 Å². The Hall–Kier alpha value is -1.94. The van der Waals surface area contributed by atoms with E-state index in [-0.39, 0.29) is 48.5 Å². The molecule has 9 atom stereocenters. The van der Waals surface area contributed by atoms with Gasteiger partial charge in [0.15, 0.2) is 12.5 Å². The normalized spacial score (nSPS) is 34.8. The van der Waals surface area contributed by atoms with E-state index in [1.165, 1.54) is 0 Å². The summed E-state index contributed by atoms with van der Waals surface area (Å²) in [5.74, 6) is 0.289. The van der Waals surface area contributed by atoms with Gasteiger partial charge in [0, 0.05) is 23.0 Å². The standard InChI is InChI=1S/C26H34BrN3O9S/c27-9-18(31)29-24-22(34)21(33)23-16(38-24)11-37-25(39-23)14-7-5-13(6-8-14)10-36-19(32)4-2-1-3-17-20-15(12-40-17)28-26(35)30-20/h5-8,15-17,20-25,33-34H,1-4,9-12H2,(H,29,31)(H2,28,30,35)/t15-,16+,17-,20-,21+,22+,23?,24+,25?/m0/s1. The minimum absolute atomic E-state index is 0.0373. The lowest BCUT2D eigenvalue weighted by Crippen LogP contribution is -2.65. The highest BCUT2D eigenvalue weighted by atomic mass is 79.9. The number of ether oxygens (including phenoxy) is 4. The molecular formula is C26H34BrN3O9S. The summed E-state index contributed by atoms with van der Waals surface area (Å²) < 4.78 is 22.8. The van der Waals surface area contributed by atoms with E-state index in [9.17, 15) is 24.6 Å². The lowest BCUT2D eigenvalue weighted by Gasteiger charge is -2.46. The SMILES string of the molecule is O=C(CBr)N[C@@H]1O[C@@H]2COC(c3ccc(COC(=O)CCCC[C@@H]4SC[C@@H]5NC(=O)N[C@@H]54)cc3)OC2[C@H](O)[C@H]1O. The molecule has 5 N–H and O–H groups in total. The van der Waals surface area contributed by atoms with Crippen molar-refractivity contribution in [2.75, 3.05) is 17.7 Å². The molecule has 14 heteroatoms. The number of benzene rings is 1. The minimum atomic E-state index is -1.36. The van der Waals surface area contributed by atoms with Crippen molar-refractivity contribution in [2.24, 2.45) is 0 Å². The second kappa shape index (κ2) is 13.4. The number of unbranched alkanes of at least 4 members (excludes halogenated alkanes) is 1. The first kappa shape index (κ1) is 29.5. The van der Waals surface area contributed by atoms with Crippen molar-refractivity contribution < 1.29 is 43.5 Å². The Morgan fingerprint density at radius 3 is 2.70 bits per heavy atom. The lowest BCUT2D eigenvalue weighted by molar-refractivity contribution is -0.330. The minimum Gasteiger partial charge on any atom is -0.461 e. The number of rotatable bonds is 10. The van der Waals surface area contributed by atoms with E-state index in [1.807, 2.05) is 23.9 Å². The fraction of sp³-hybridized carbons (Fsp3) is 0.654. The number of aliphatic hydroxyl groups excluding tert-OH is 2. The Kier molecular flexibility index (Phi) is 9.87. The number of amides is 3. The van der Waals surface area contributed by atoms with Gasteiger partial charge in [-0.2, -0.15) is 11.8 Å². The molecule has 1 aromatic carbocycles. The van der Waals surface area contributed by atoms with Crippen molar-refractivity contribution in [3.8, 4) is 0 Å². The van der Waals surface area contributed by atoms with Crippen LogP contribution in [0.25, 0.3) is 0 Å². The molecule has 4 heterocycles. The quantitative estimate of drug-likeness (QED) is 0.107. The van der Waals surface area contributed by atoms with Crippen molar-refractivity contribution in [1.29, 1.82) is 0 Å². The molecule has 12 nitrogen and oxygen atoms in total. The van der Waals surface area contributed by atoms with Crippen LogP contribution in [0.4, 0.5) is 4.79 Å². The average molecular weight is 645 g/mol. The molecule has 2 unspecified atom stereocenters. The van der Waals surface area contributed by atoms with Gasteiger partial charge in [-0.1, -0.05) is 46.6 Å². The van der Waals surface area contributed by atoms with E-state index >= 15 is 0 Å². The van der Waals surface area contributed by atoms with Crippen LogP contribution in [0.1, 0.15) is 43.1 Å². The molecule has 0 aromatic heterocycles. The van der Waals surface area contributed by atoms with E-state index < -0.39 is 36.9 Å². The van der Waals surface area contributed by atoms with Gasteiger partial charge in [-0.3, -0.25) is 9.59 Å². The molecule has 0 bridgehead atoms. The molecule has 5 rings (SSSR count). The summed E-state index contributed by atoms with van der Waals surface area (Å²) in [5.41, 5.74) is 1.51. The topological polar surface area (TPSA) is 165 Å². The first-order chi connectivity index (χ1) is 19.3. The monoisotopic (exact) mass is 643 g/mol. The van der Waals surface area contributed by atoms with Gasteiger partial charge in [-0.05, 0) is 18.4 Å². The number of nitrogens with one attached hydrogen (secondary N) is 3. The predicted molar refractivity (Wildman–Crippen MR) is 146 cm³/mol. The van der Waals surface area contributed by atoms with E-state index in [2.05, 4.69) is 31.9 Å². The molecule has 4 fully saturated rings. The van der Waals surface area contributed by atoms with Crippen LogP contribution in [0.3, 0.4) is 0 Å². The van der Waals surface area contributed by atoms with Crippen molar-refractivity contribution >= 4 is 45.6 Å². The molecule has 40 heavy (non-hydrogen) atoms. The maximum atomic E-state index is 12.2. The first-order valence-corrected chi connectivity index (χ1v) is 15.6. The summed E-state index contributed by atoms with van der Waals surface area (Å²) in [4.78, 5) is 35.4. The summed E-state index contributed by atoms with van der Waals surface area (Å²) in [6.07, 6.45) is -3.06. The number of alkyl halides is 1. The van der Waals surface area contributed by atoms with E-state index in [1.54, 1.807) is 12.1 Å². The number of thioether (sulfide) groups is 1. The van der Waals surface area contributed by atoms with E-state index in [4.69, 9.17) is 18.9 Å².